The number of esters is 8. The standard InChI is InChI=1S/C48H54N4O16/c1-61-41(53)13-9-25-29(17-45(57)65-5)37-22-35-27(11-15-43(55)63-3)30(18-46(58)66-6)38(51-35)23-36-28(12-16-44(56)64-4)32(20-48(60)68-8)40(52-36)24-39-31(19-47(59)67-7)26(10-14-42(54)62-2)34(50-39)21-33(25)49-37/h21-24,49-50H,9-20H2,1-8H3/i41+1,42+1,43+1,44+1,45+1,46+1,47+1,48+1,53+2,54+2,55+2,56+2,57+2,58+2,59+2,60+2,61+2,62+2,63+2,64+2,65+2,66+2,67+2,68+2. The smallest absolute Gasteiger partial charge is 0.310 e. The van der Waals surface area contributed by atoms with Crippen LogP contribution in [0.4, 0.5) is 0 Å². The molecule has 5 heterocycles. The van der Waals surface area contributed by atoms with Crippen molar-refractivity contribution in [3.63, 3.8) is 0 Å². The maximum atomic E-state index is 13.2. The number of aromatic amines is 2. The first kappa shape index (κ1) is 51.3. The summed E-state index contributed by atoms with van der Waals surface area (Å²) in [5, 5.41) is 0. The van der Waals surface area contributed by atoms with E-state index in [1.54, 1.807) is 24.3 Å². The number of H-pyrrole nitrogens is 2. The summed E-state index contributed by atoms with van der Waals surface area (Å²) in [5.74, 6) is -4.68. The fraction of sp³-hybridized carbons (Fsp3) is 0.417. The largest absolute Gasteiger partial charge is 0.469 e. The van der Waals surface area contributed by atoms with Crippen molar-refractivity contribution in [1.29, 1.82) is 0 Å². The lowest BCUT2D eigenvalue weighted by Gasteiger charge is -2.09. The van der Waals surface area contributed by atoms with Crippen LogP contribution in [-0.2, 0) is 102 Å². The normalized spacial score (nSPS) is 12.0. The van der Waals surface area contributed by atoms with Gasteiger partial charge in [-0.25, -0.2) is 9.97 Å². The molecule has 0 amide bonds. The molecule has 0 unspecified atom stereocenters. The van der Waals surface area contributed by atoms with Gasteiger partial charge in [-0.1, -0.05) is 0 Å². The van der Waals surface area contributed by atoms with Gasteiger partial charge in [0, 0.05) is 47.8 Å². The Labute approximate surface area is 390 Å². The Bertz CT molecular complexity index is 2740. The molecular formula is C48H54N4O16. The molecule has 0 fully saturated rings. The van der Waals surface area contributed by atoms with Crippen LogP contribution in [0.2, 0.25) is 0 Å². The van der Waals surface area contributed by atoms with Crippen molar-refractivity contribution in [3.05, 3.63) is 69.3 Å². The first-order valence-electron chi connectivity index (χ1n) is 21.4. The molecule has 0 aliphatic carbocycles. The van der Waals surface area contributed by atoms with E-state index in [0.29, 0.717) is 66.6 Å². The Morgan fingerprint density at radius 1 is 0.338 bits per heavy atom. The molecule has 0 saturated heterocycles. The number of carbonyl (C=O) groups is 8. The summed E-state index contributed by atoms with van der Waals surface area (Å²) in [5.41, 5.74) is 5.90. The van der Waals surface area contributed by atoms with Gasteiger partial charge in [-0.15, -0.1) is 0 Å². The topological polar surface area (TPSA) is 268 Å². The lowest BCUT2D eigenvalue weighted by atomic mass is 9.97. The number of nitrogens with one attached hydrogen (secondary N) is 2. The molecule has 0 atom stereocenters. The van der Waals surface area contributed by atoms with Crippen molar-refractivity contribution in [1.82, 2.24) is 19.9 Å². The minimum Gasteiger partial charge on any atom is -0.469 e. The van der Waals surface area contributed by atoms with E-state index in [1.165, 1.54) is 56.9 Å². The highest BCUT2D eigenvalue weighted by atomic mass is 18.4. The van der Waals surface area contributed by atoms with Crippen LogP contribution in [0.1, 0.15) is 96.4 Å². The van der Waals surface area contributed by atoms with E-state index in [2.05, 4.69) is 9.97 Å². The van der Waals surface area contributed by atoms with E-state index in [9.17, 15) is 38.4 Å². The number of nitrogens with zero attached hydrogens (tertiary/aromatic N) is 2. The van der Waals surface area contributed by atoms with Crippen molar-refractivity contribution >= 4 is 92.1 Å². The van der Waals surface area contributed by atoms with E-state index in [0.717, 1.165) is 0 Å². The SMILES string of the molecule is C[18O][13C](=[18O])CCC1=C(C[13C](=[18O])[18O]C)c2cc3nc(cc4[nH]c(cc5[nH]c(cc1n2)c(C[13C](=[18O])[18O]C)c5CC[13C](=[18O])[18O]C)c(CC[13C](=[18O])[18O]C)c4C[13C](=[18O])[18O]C)C(C[13C](=[18O])[18O]C)=C3CC[13C](=[18O])[18O]C. The van der Waals surface area contributed by atoms with Gasteiger partial charge in [0.05, 0.1) is 105 Å². The number of aromatic nitrogens is 4. The summed E-state index contributed by atoms with van der Waals surface area (Å²) >= 11 is 0. The van der Waals surface area contributed by atoms with Gasteiger partial charge in [-0.3, -0.25) is 38.4 Å². The highest BCUT2D eigenvalue weighted by molar-refractivity contribution is 6.03. The van der Waals surface area contributed by atoms with Crippen LogP contribution in [0.3, 0.4) is 0 Å². The molecule has 3 aromatic heterocycles. The second-order valence-corrected chi connectivity index (χ2v) is 15.4. The van der Waals surface area contributed by atoms with E-state index < -0.39 is 47.8 Å². The number of methoxy groups -OCH3 is 8. The molecule has 68 heavy (non-hydrogen) atoms. The van der Waals surface area contributed by atoms with Gasteiger partial charge in [-0.05, 0) is 94.5 Å². The van der Waals surface area contributed by atoms with Crippen LogP contribution < -0.4 is 0 Å². The number of fused-ring (bicyclic) bond motifs is 8. The number of hydrogen-bond donors (Lipinski definition) is 2. The van der Waals surface area contributed by atoms with Gasteiger partial charge in [0.1, 0.15) is 0 Å². The Balaban J connectivity index is 2.11. The van der Waals surface area contributed by atoms with Crippen molar-refractivity contribution < 1.29 is 76.3 Å². The van der Waals surface area contributed by atoms with Gasteiger partial charge in [0.25, 0.3) is 0 Å². The maximum absolute atomic E-state index is 13.2. The predicted octanol–water partition coefficient (Wildman–Crippen LogP) is 4.81. The van der Waals surface area contributed by atoms with Crippen LogP contribution in [0.5, 0.6) is 0 Å². The van der Waals surface area contributed by atoms with Crippen LogP contribution in [-0.4, -0.2) is 125 Å². The third-order valence-electron chi connectivity index (χ3n) is 11.6. The molecular weight excluding hydrogens is 928 g/mol. The number of ether oxygens (including phenoxy) is 8. The second kappa shape index (κ2) is 23.7. The second-order valence-electron chi connectivity index (χ2n) is 15.4. The molecule has 0 aromatic carbocycles. The fourth-order valence-electron chi connectivity index (χ4n) is 8.02. The van der Waals surface area contributed by atoms with E-state index in [-0.39, 0.29) is 99.8 Å². The lowest BCUT2D eigenvalue weighted by molar-refractivity contribution is -0.141. The van der Waals surface area contributed by atoms with Crippen LogP contribution >= 0.6 is 0 Å². The van der Waals surface area contributed by atoms with Gasteiger partial charge >= 0.3 is 47.8 Å². The van der Waals surface area contributed by atoms with Gasteiger partial charge < -0.3 is 47.9 Å². The number of rotatable bonds is 20. The third-order valence-corrected chi connectivity index (χ3v) is 11.6. The molecule has 362 valence electrons. The summed E-state index contributed by atoms with van der Waals surface area (Å²) in [6, 6.07) is 6.57. The fourth-order valence-corrected chi connectivity index (χ4v) is 8.02. The Morgan fingerprint density at radius 3 is 0.971 bits per heavy atom. The van der Waals surface area contributed by atoms with Crippen LogP contribution in [0.25, 0.3) is 44.4 Å². The van der Waals surface area contributed by atoms with Crippen molar-refractivity contribution in [2.75, 3.05) is 56.9 Å². The average molecular weight is 983 g/mol. The van der Waals surface area contributed by atoms with Crippen LogP contribution in [0.15, 0.2) is 24.3 Å². The average Bonchev–Trinajstić information content (AvgIpc) is 4.04. The Morgan fingerprint density at radius 2 is 0.618 bits per heavy atom. The van der Waals surface area contributed by atoms with Gasteiger partial charge in [0.2, 0.25) is 0 Å². The monoisotopic (exact) mass is 982 g/mol. The molecule has 20 nitrogen and oxygen atoms in total. The molecule has 8 bridgehead atoms. The van der Waals surface area contributed by atoms with Crippen molar-refractivity contribution in [2.24, 2.45) is 0 Å². The quantitative estimate of drug-likeness (QED) is 0.0665. The number of allylic oxidation sites excluding steroid dienone is 2. The van der Waals surface area contributed by atoms with Gasteiger partial charge in [-0.2, -0.15) is 0 Å². The maximum Gasteiger partial charge on any atom is 0.310 e. The minimum absolute atomic E-state index is 0.0201. The minimum atomic E-state index is -0.637. The predicted molar refractivity (Wildman–Crippen MR) is 243 cm³/mol. The molecule has 0 spiro atoms. The van der Waals surface area contributed by atoms with Crippen molar-refractivity contribution in [3.8, 4) is 0 Å². The Kier molecular flexibility index (Phi) is 17.9. The van der Waals surface area contributed by atoms with Gasteiger partial charge in [0.15, 0.2) is 0 Å². The highest BCUT2D eigenvalue weighted by Crippen LogP contribution is 2.41. The number of carbonyl (C=O) groups excluding carboxylic acids is 8. The number of aryl methyl sites for hydroxylation is 2. The first-order chi connectivity index (χ1) is 32.6. The molecule has 2 aliphatic rings. The molecule has 2 N–H and O–H groups in total. The zero-order chi connectivity index (χ0) is 49.7. The summed E-state index contributed by atoms with van der Waals surface area (Å²) in [6.45, 7) is 0. The van der Waals surface area contributed by atoms with Crippen molar-refractivity contribution in [2.45, 2.75) is 77.0 Å². The molecule has 0 saturated carbocycles. The third kappa shape index (κ3) is 12.4. The summed E-state index contributed by atoms with van der Waals surface area (Å²) in [7, 11) is 9.91. The Hall–Kier alpha value is -7.64. The summed E-state index contributed by atoms with van der Waals surface area (Å²) in [6.07, 6.45) is -1.52. The molecule has 20 heteroatoms. The molecule has 5 rings (SSSR count). The summed E-state index contributed by atoms with van der Waals surface area (Å²) < 4.78 is 40.4. The molecule has 2 aliphatic heterocycles. The van der Waals surface area contributed by atoms with E-state index in [4.69, 9.17) is 47.9 Å². The number of hydrogen-bond acceptors (Lipinski definition) is 18. The van der Waals surface area contributed by atoms with E-state index in [1.807, 2.05) is 0 Å². The highest BCUT2D eigenvalue weighted by Gasteiger charge is 2.29. The zero-order valence-corrected chi connectivity index (χ0v) is 39.2. The van der Waals surface area contributed by atoms with E-state index >= 15 is 0 Å². The zero-order valence-electron chi connectivity index (χ0n) is 39.2. The first-order valence-corrected chi connectivity index (χ1v) is 21.4. The summed E-state index contributed by atoms with van der Waals surface area (Å²) in [4.78, 5) is 120. The molecule has 0 radical (unpaired) electrons. The lowest BCUT2D eigenvalue weighted by Crippen LogP contribution is -2.08. The molecule has 3 aromatic rings. The van der Waals surface area contributed by atoms with Crippen LogP contribution in [0, 0.1) is 0 Å².